The highest BCUT2D eigenvalue weighted by Gasteiger charge is 2.20. The maximum absolute atomic E-state index is 13.6. The van der Waals surface area contributed by atoms with Crippen LogP contribution < -0.4 is 10.2 Å². The van der Waals surface area contributed by atoms with Gasteiger partial charge in [-0.1, -0.05) is 17.7 Å². The Balaban J connectivity index is 2.23. The zero-order valence-corrected chi connectivity index (χ0v) is 14.1. The predicted octanol–water partition coefficient (Wildman–Crippen LogP) is 4.06. The standard InChI is InChI=1S/C17H14ClF3N2O2/c1-9-11(18)4-3-5-14(9)23(10(2)24)8-15(25)22-13-7-6-12(19)16(20)17(13)21/h3-7H,8H2,1-2H3,(H,22,25). The molecule has 0 atom stereocenters. The Labute approximate surface area is 147 Å². The van der Waals surface area contributed by atoms with Gasteiger partial charge in [0.25, 0.3) is 0 Å². The molecule has 25 heavy (non-hydrogen) atoms. The fraction of sp³-hybridized carbons (Fsp3) is 0.176. The zero-order chi connectivity index (χ0) is 18.7. The first-order valence-corrected chi connectivity index (χ1v) is 7.56. The van der Waals surface area contributed by atoms with Crippen LogP contribution in [0.2, 0.25) is 5.02 Å². The molecule has 0 aliphatic heterocycles. The molecular weight excluding hydrogens is 357 g/mol. The summed E-state index contributed by atoms with van der Waals surface area (Å²) in [5.74, 6) is -5.78. The molecule has 0 fully saturated rings. The van der Waals surface area contributed by atoms with E-state index in [1.54, 1.807) is 25.1 Å². The molecule has 0 heterocycles. The van der Waals surface area contributed by atoms with Crippen molar-refractivity contribution in [3.05, 3.63) is 58.4 Å². The fourth-order valence-corrected chi connectivity index (χ4v) is 2.38. The van der Waals surface area contributed by atoms with E-state index in [0.29, 0.717) is 22.3 Å². The van der Waals surface area contributed by atoms with Crippen LogP contribution in [0, 0.1) is 24.4 Å². The minimum absolute atomic E-state index is 0.413. The van der Waals surface area contributed by atoms with Crippen LogP contribution in [0.25, 0.3) is 0 Å². The lowest BCUT2D eigenvalue weighted by molar-refractivity contribution is -0.120. The molecule has 2 amide bonds. The van der Waals surface area contributed by atoms with Crippen molar-refractivity contribution in [3.8, 4) is 0 Å². The van der Waals surface area contributed by atoms with Crippen molar-refractivity contribution in [1.82, 2.24) is 0 Å². The molecule has 0 saturated carbocycles. The largest absolute Gasteiger partial charge is 0.322 e. The van der Waals surface area contributed by atoms with Gasteiger partial charge in [-0.25, -0.2) is 13.2 Å². The second-order valence-corrected chi connectivity index (χ2v) is 5.67. The number of carbonyl (C=O) groups excluding carboxylic acids is 2. The average Bonchev–Trinajstić information content (AvgIpc) is 2.56. The molecule has 0 aliphatic rings. The summed E-state index contributed by atoms with van der Waals surface area (Å²) in [7, 11) is 0. The highest BCUT2D eigenvalue weighted by atomic mass is 35.5. The SMILES string of the molecule is CC(=O)N(CC(=O)Nc1ccc(F)c(F)c1F)c1cccc(Cl)c1C. The molecule has 132 valence electrons. The first-order valence-electron chi connectivity index (χ1n) is 7.19. The highest BCUT2D eigenvalue weighted by Crippen LogP contribution is 2.27. The average molecular weight is 371 g/mol. The van der Waals surface area contributed by atoms with Crippen LogP contribution in [-0.4, -0.2) is 18.4 Å². The molecule has 0 bridgehead atoms. The lowest BCUT2D eigenvalue weighted by Crippen LogP contribution is -2.37. The van der Waals surface area contributed by atoms with Crippen LogP contribution in [0.3, 0.4) is 0 Å². The third-order valence-corrected chi connectivity index (χ3v) is 3.93. The molecule has 0 aromatic heterocycles. The summed E-state index contributed by atoms with van der Waals surface area (Å²) in [6.07, 6.45) is 0. The molecule has 8 heteroatoms. The topological polar surface area (TPSA) is 49.4 Å². The van der Waals surface area contributed by atoms with Crippen molar-refractivity contribution >= 4 is 34.8 Å². The summed E-state index contributed by atoms with van der Waals surface area (Å²) in [6, 6.07) is 6.45. The van der Waals surface area contributed by atoms with Gasteiger partial charge in [0.15, 0.2) is 17.5 Å². The number of halogens is 4. The quantitative estimate of drug-likeness (QED) is 0.825. The molecule has 0 spiro atoms. The van der Waals surface area contributed by atoms with Gasteiger partial charge in [-0.05, 0) is 36.8 Å². The molecule has 2 rings (SSSR count). The third-order valence-electron chi connectivity index (χ3n) is 3.52. The molecule has 0 aliphatic carbocycles. The minimum atomic E-state index is -1.69. The first kappa shape index (κ1) is 18.8. The van der Waals surface area contributed by atoms with E-state index in [1.165, 1.54) is 6.92 Å². The Morgan fingerprint density at radius 1 is 1.12 bits per heavy atom. The van der Waals surface area contributed by atoms with E-state index >= 15 is 0 Å². The number of carbonyl (C=O) groups is 2. The van der Waals surface area contributed by atoms with Crippen LogP contribution in [0.1, 0.15) is 12.5 Å². The van der Waals surface area contributed by atoms with Gasteiger partial charge < -0.3 is 10.2 Å². The first-order chi connectivity index (χ1) is 11.7. The molecule has 0 unspecified atom stereocenters. The van der Waals surface area contributed by atoms with Crippen molar-refractivity contribution in [1.29, 1.82) is 0 Å². The molecule has 2 aromatic carbocycles. The molecule has 0 radical (unpaired) electrons. The van der Waals surface area contributed by atoms with E-state index in [-0.39, 0.29) is 0 Å². The van der Waals surface area contributed by atoms with Crippen molar-refractivity contribution in [2.45, 2.75) is 13.8 Å². The normalized spacial score (nSPS) is 10.5. The molecule has 2 aromatic rings. The van der Waals surface area contributed by atoms with Gasteiger partial charge in [-0.2, -0.15) is 0 Å². The Kier molecular flexibility index (Phi) is 5.69. The number of benzene rings is 2. The number of nitrogens with zero attached hydrogens (tertiary/aromatic N) is 1. The number of nitrogens with one attached hydrogen (secondary N) is 1. The monoisotopic (exact) mass is 370 g/mol. The summed E-state index contributed by atoms with van der Waals surface area (Å²) in [5.41, 5.74) is 0.488. The number of amides is 2. The van der Waals surface area contributed by atoms with E-state index in [1.807, 2.05) is 0 Å². The number of hydrogen-bond donors (Lipinski definition) is 1. The van der Waals surface area contributed by atoms with Crippen LogP contribution in [0.5, 0.6) is 0 Å². The Hall–Kier alpha value is -2.54. The Morgan fingerprint density at radius 2 is 1.80 bits per heavy atom. The van der Waals surface area contributed by atoms with E-state index in [9.17, 15) is 22.8 Å². The van der Waals surface area contributed by atoms with Crippen molar-refractivity contribution in [2.75, 3.05) is 16.8 Å². The smallest absolute Gasteiger partial charge is 0.244 e. The molecule has 4 nitrogen and oxygen atoms in total. The van der Waals surface area contributed by atoms with E-state index in [2.05, 4.69) is 5.32 Å². The highest BCUT2D eigenvalue weighted by molar-refractivity contribution is 6.31. The van der Waals surface area contributed by atoms with Gasteiger partial charge in [0.05, 0.1) is 5.69 Å². The van der Waals surface area contributed by atoms with Gasteiger partial charge in [0.2, 0.25) is 11.8 Å². The van der Waals surface area contributed by atoms with E-state index < -0.39 is 41.5 Å². The van der Waals surface area contributed by atoms with Gasteiger partial charge in [0, 0.05) is 17.6 Å². The molecule has 1 N–H and O–H groups in total. The molecule has 0 saturated heterocycles. The second kappa shape index (κ2) is 7.57. The van der Waals surface area contributed by atoms with Gasteiger partial charge >= 0.3 is 0 Å². The zero-order valence-electron chi connectivity index (χ0n) is 13.4. The van der Waals surface area contributed by atoms with Crippen molar-refractivity contribution in [3.63, 3.8) is 0 Å². The fourth-order valence-electron chi connectivity index (χ4n) is 2.21. The number of rotatable bonds is 4. The summed E-state index contributed by atoms with van der Waals surface area (Å²) in [6.45, 7) is 2.49. The number of anilines is 2. The van der Waals surface area contributed by atoms with Crippen LogP contribution in [0.15, 0.2) is 30.3 Å². The summed E-state index contributed by atoms with van der Waals surface area (Å²) in [5, 5.41) is 2.53. The summed E-state index contributed by atoms with van der Waals surface area (Å²) >= 11 is 6.02. The van der Waals surface area contributed by atoms with E-state index in [4.69, 9.17) is 11.6 Å². The number of hydrogen-bond acceptors (Lipinski definition) is 2. The van der Waals surface area contributed by atoms with Crippen molar-refractivity contribution in [2.24, 2.45) is 0 Å². The van der Waals surface area contributed by atoms with Crippen LogP contribution in [-0.2, 0) is 9.59 Å². The van der Waals surface area contributed by atoms with Crippen molar-refractivity contribution < 1.29 is 22.8 Å². The van der Waals surface area contributed by atoms with Crippen LogP contribution in [0.4, 0.5) is 24.5 Å². The summed E-state index contributed by atoms with van der Waals surface area (Å²) < 4.78 is 39.8. The van der Waals surface area contributed by atoms with Gasteiger partial charge in [-0.15, -0.1) is 0 Å². The molecular formula is C17H14ClF3N2O2. The van der Waals surface area contributed by atoms with E-state index in [0.717, 1.165) is 11.0 Å². The van der Waals surface area contributed by atoms with Gasteiger partial charge in [0.1, 0.15) is 6.54 Å². The minimum Gasteiger partial charge on any atom is -0.322 e. The maximum atomic E-state index is 13.6. The Bertz CT molecular complexity index is 843. The van der Waals surface area contributed by atoms with Crippen LogP contribution >= 0.6 is 11.6 Å². The summed E-state index contributed by atoms with van der Waals surface area (Å²) in [4.78, 5) is 25.2. The lowest BCUT2D eigenvalue weighted by atomic mass is 10.1. The second-order valence-electron chi connectivity index (χ2n) is 5.26. The predicted molar refractivity (Wildman–Crippen MR) is 89.2 cm³/mol. The maximum Gasteiger partial charge on any atom is 0.244 e. The van der Waals surface area contributed by atoms with Gasteiger partial charge in [-0.3, -0.25) is 9.59 Å². The Morgan fingerprint density at radius 3 is 2.44 bits per heavy atom. The third kappa shape index (κ3) is 4.11. The lowest BCUT2D eigenvalue weighted by Gasteiger charge is -2.23.